The Bertz CT molecular complexity index is 1110. The van der Waals surface area contributed by atoms with E-state index in [1.165, 1.54) is 4.57 Å². The van der Waals surface area contributed by atoms with Crippen molar-refractivity contribution in [3.63, 3.8) is 0 Å². The van der Waals surface area contributed by atoms with Gasteiger partial charge >= 0.3 is 5.76 Å². The first-order valence-electron chi connectivity index (χ1n) is 9.47. The van der Waals surface area contributed by atoms with Crippen molar-refractivity contribution in [3.05, 3.63) is 58.0 Å². The number of halogens is 1. The molecule has 1 aliphatic heterocycles. The van der Waals surface area contributed by atoms with Crippen LogP contribution in [0.2, 0.25) is 5.02 Å². The first-order valence-corrected chi connectivity index (χ1v) is 9.84. The molecule has 1 N–H and O–H groups in total. The van der Waals surface area contributed by atoms with Gasteiger partial charge < -0.3 is 19.4 Å². The van der Waals surface area contributed by atoms with Crippen LogP contribution in [-0.4, -0.2) is 36.7 Å². The van der Waals surface area contributed by atoms with E-state index in [1.54, 1.807) is 38.3 Å². The summed E-state index contributed by atoms with van der Waals surface area (Å²) in [6.07, 6.45) is 0.787. The Balaban J connectivity index is 1.48. The molecule has 29 heavy (non-hydrogen) atoms. The lowest BCUT2D eigenvalue weighted by Crippen LogP contribution is -2.42. The summed E-state index contributed by atoms with van der Waals surface area (Å²) in [5.41, 5.74) is 1.98. The second kappa shape index (κ2) is 7.83. The van der Waals surface area contributed by atoms with E-state index in [4.69, 9.17) is 20.8 Å². The molecule has 0 bridgehead atoms. The zero-order valence-corrected chi connectivity index (χ0v) is 17.0. The average molecular weight is 416 g/mol. The third-order valence-electron chi connectivity index (χ3n) is 5.30. The molecular weight excluding hydrogens is 394 g/mol. The van der Waals surface area contributed by atoms with Crippen molar-refractivity contribution in [1.29, 1.82) is 0 Å². The summed E-state index contributed by atoms with van der Waals surface area (Å²) in [4.78, 5) is 27.2. The van der Waals surface area contributed by atoms with Crippen LogP contribution in [0.1, 0.15) is 19.4 Å². The first kappa shape index (κ1) is 19.4. The molecule has 4 rings (SSSR count). The zero-order valence-electron chi connectivity index (χ0n) is 16.2. The van der Waals surface area contributed by atoms with E-state index >= 15 is 0 Å². The van der Waals surface area contributed by atoms with Gasteiger partial charge in [0, 0.05) is 24.2 Å². The van der Waals surface area contributed by atoms with Gasteiger partial charge in [-0.25, -0.2) is 4.79 Å². The molecule has 1 aromatic heterocycles. The lowest BCUT2D eigenvalue weighted by Gasteiger charge is -2.22. The molecule has 2 unspecified atom stereocenters. The number of oxazole rings is 1. The number of aromatic nitrogens is 1. The molecule has 7 nitrogen and oxygen atoms in total. The molecule has 1 amide bonds. The lowest BCUT2D eigenvalue weighted by atomic mass is 10.2. The number of anilines is 1. The summed E-state index contributed by atoms with van der Waals surface area (Å²) in [5.74, 6) is -0.0136. The minimum absolute atomic E-state index is 0.0393. The van der Waals surface area contributed by atoms with E-state index < -0.39 is 11.8 Å². The third-order valence-corrected chi connectivity index (χ3v) is 5.54. The maximum absolute atomic E-state index is 12.8. The monoisotopic (exact) mass is 415 g/mol. The van der Waals surface area contributed by atoms with Gasteiger partial charge in [0.05, 0.1) is 18.3 Å². The van der Waals surface area contributed by atoms with Gasteiger partial charge in [0.25, 0.3) is 0 Å². The standard InChI is InChI=1S/C21H22ClN3O4/c1-13(25-16-5-3-4-6-19(16)29-21(25)27)20(26)23-15-9-10-24(12-15)17-11-14(22)7-8-18(17)28-2/h3-8,11,13,15H,9-10,12H2,1-2H3,(H,23,26). The highest BCUT2D eigenvalue weighted by Crippen LogP contribution is 2.33. The van der Waals surface area contributed by atoms with Crippen LogP contribution < -0.4 is 20.7 Å². The Labute approximate surface area is 172 Å². The fraction of sp³-hybridized carbons (Fsp3) is 0.333. The third kappa shape index (κ3) is 3.70. The predicted octanol–water partition coefficient (Wildman–Crippen LogP) is 3.21. The fourth-order valence-electron chi connectivity index (χ4n) is 3.80. The minimum atomic E-state index is -0.680. The van der Waals surface area contributed by atoms with Crippen LogP contribution in [-0.2, 0) is 4.79 Å². The van der Waals surface area contributed by atoms with Crippen LogP contribution in [0.15, 0.2) is 51.7 Å². The highest BCUT2D eigenvalue weighted by Gasteiger charge is 2.29. The van der Waals surface area contributed by atoms with Gasteiger partial charge in [-0.05, 0) is 43.7 Å². The maximum Gasteiger partial charge on any atom is 0.420 e. The maximum atomic E-state index is 12.8. The summed E-state index contributed by atoms with van der Waals surface area (Å²) < 4.78 is 12.1. The molecule has 1 saturated heterocycles. The van der Waals surface area contributed by atoms with E-state index in [2.05, 4.69) is 10.2 Å². The highest BCUT2D eigenvalue weighted by molar-refractivity contribution is 6.30. The summed E-state index contributed by atoms with van der Waals surface area (Å²) in [6, 6.07) is 11.9. The van der Waals surface area contributed by atoms with E-state index in [0.717, 1.165) is 24.4 Å². The normalized spacial score (nSPS) is 17.5. The van der Waals surface area contributed by atoms with Crippen molar-refractivity contribution >= 4 is 34.3 Å². The number of benzene rings is 2. The lowest BCUT2D eigenvalue weighted by molar-refractivity contribution is -0.124. The number of carbonyl (C=O) groups is 1. The summed E-state index contributed by atoms with van der Waals surface area (Å²) >= 11 is 6.14. The van der Waals surface area contributed by atoms with E-state index in [0.29, 0.717) is 22.7 Å². The molecule has 0 saturated carbocycles. The fourth-order valence-corrected chi connectivity index (χ4v) is 3.96. The summed E-state index contributed by atoms with van der Waals surface area (Å²) in [6.45, 7) is 3.10. The Morgan fingerprint density at radius 2 is 2.10 bits per heavy atom. The number of ether oxygens (including phenoxy) is 1. The van der Waals surface area contributed by atoms with Crippen molar-refractivity contribution in [2.24, 2.45) is 0 Å². The van der Waals surface area contributed by atoms with Gasteiger partial charge in [0.2, 0.25) is 5.91 Å². The zero-order chi connectivity index (χ0) is 20.5. The summed E-state index contributed by atoms with van der Waals surface area (Å²) in [5, 5.41) is 3.69. The second-order valence-corrected chi connectivity index (χ2v) is 7.57. The van der Waals surface area contributed by atoms with Gasteiger partial charge in [-0.2, -0.15) is 0 Å². The van der Waals surface area contributed by atoms with Crippen molar-refractivity contribution in [2.45, 2.75) is 25.4 Å². The molecule has 2 aromatic carbocycles. The van der Waals surface area contributed by atoms with Gasteiger partial charge in [0.15, 0.2) is 5.58 Å². The Kier molecular flexibility index (Phi) is 5.24. The number of nitrogens with zero attached hydrogens (tertiary/aromatic N) is 2. The van der Waals surface area contributed by atoms with Crippen molar-refractivity contribution in [1.82, 2.24) is 9.88 Å². The van der Waals surface area contributed by atoms with Crippen LogP contribution in [0.5, 0.6) is 5.75 Å². The molecule has 0 aliphatic carbocycles. The predicted molar refractivity (Wildman–Crippen MR) is 112 cm³/mol. The van der Waals surface area contributed by atoms with Crippen molar-refractivity contribution in [2.75, 3.05) is 25.1 Å². The number of rotatable bonds is 5. The highest BCUT2D eigenvalue weighted by atomic mass is 35.5. The number of fused-ring (bicyclic) bond motifs is 1. The second-order valence-electron chi connectivity index (χ2n) is 7.14. The van der Waals surface area contributed by atoms with Crippen LogP contribution >= 0.6 is 11.6 Å². The number of carbonyl (C=O) groups excluding carboxylic acids is 1. The van der Waals surface area contributed by atoms with Crippen LogP contribution in [0.4, 0.5) is 5.69 Å². The molecule has 8 heteroatoms. The van der Waals surface area contributed by atoms with E-state index in [1.807, 2.05) is 18.2 Å². The number of hydrogen-bond donors (Lipinski definition) is 1. The molecular formula is C21H22ClN3O4. The molecule has 1 fully saturated rings. The number of nitrogens with one attached hydrogen (secondary N) is 1. The topological polar surface area (TPSA) is 76.7 Å². The molecule has 152 valence electrons. The Morgan fingerprint density at radius 3 is 2.90 bits per heavy atom. The Hall–Kier alpha value is -2.93. The largest absolute Gasteiger partial charge is 0.495 e. The van der Waals surface area contributed by atoms with Gasteiger partial charge in [-0.1, -0.05) is 23.7 Å². The summed E-state index contributed by atoms with van der Waals surface area (Å²) in [7, 11) is 1.62. The first-order chi connectivity index (χ1) is 14.0. The smallest absolute Gasteiger partial charge is 0.420 e. The van der Waals surface area contributed by atoms with E-state index in [-0.39, 0.29) is 11.9 Å². The Morgan fingerprint density at radius 1 is 1.31 bits per heavy atom. The molecule has 3 aromatic rings. The van der Waals surface area contributed by atoms with E-state index in [9.17, 15) is 9.59 Å². The van der Waals surface area contributed by atoms with Gasteiger partial charge in [-0.15, -0.1) is 0 Å². The van der Waals surface area contributed by atoms with Crippen LogP contribution in [0.3, 0.4) is 0 Å². The number of hydrogen-bond acceptors (Lipinski definition) is 5. The molecule has 2 atom stereocenters. The van der Waals surface area contributed by atoms with Crippen molar-refractivity contribution in [3.8, 4) is 5.75 Å². The van der Waals surface area contributed by atoms with Crippen LogP contribution in [0, 0.1) is 0 Å². The number of methoxy groups -OCH3 is 1. The minimum Gasteiger partial charge on any atom is -0.495 e. The van der Waals surface area contributed by atoms with Gasteiger partial charge in [-0.3, -0.25) is 9.36 Å². The average Bonchev–Trinajstić information content (AvgIpc) is 3.30. The molecule has 0 radical (unpaired) electrons. The van der Waals surface area contributed by atoms with Crippen molar-refractivity contribution < 1.29 is 13.9 Å². The SMILES string of the molecule is COc1ccc(Cl)cc1N1CCC(NC(=O)C(C)n2c(=O)oc3ccccc32)C1. The quantitative estimate of drug-likeness (QED) is 0.692. The van der Waals surface area contributed by atoms with Crippen LogP contribution in [0.25, 0.3) is 11.1 Å². The molecule has 0 spiro atoms. The van der Waals surface area contributed by atoms with Gasteiger partial charge in [0.1, 0.15) is 11.8 Å². The number of para-hydroxylation sites is 2. The number of amides is 1. The molecule has 2 heterocycles. The molecule has 1 aliphatic rings.